The number of urea groups is 1. The lowest BCUT2D eigenvalue weighted by Crippen LogP contribution is -2.39. The van der Waals surface area contributed by atoms with Crippen molar-refractivity contribution in [2.24, 2.45) is 0 Å². The van der Waals surface area contributed by atoms with E-state index in [-0.39, 0.29) is 18.4 Å². The number of hydrogen-bond acceptors (Lipinski definition) is 3. The van der Waals surface area contributed by atoms with Gasteiger partial charge >= 0.3 is 6.03 Å². The molecule has 130 valence electrons. The van der Waals surface area contributed by atoms with Gasteiger partial charge in [-0.15, -0.1) is 0 Å². The number of ether oxygens (including phenoxy) is 1. The van der Waals surface area contributed by atoms with E-state index in [4.69, 9.17) is 4.74 Å². The molecule has 2 N–H and O–H groups in total. The van der Waals surface area contributed by atoms with E-state index in [0.29, 0.717) is 18.0 Å². The van der Waals surface area contributed by atoms with Gasteiger partial charge in [-0.05, 0) is 42.5 Å². The second-order valence-corrected chi connectivity index (χ2v) is 5.71. The third-order valence-electron chi connectivity index (χ3n) is 3.93. The summed E-state index contributed by atoms with van der Waals surface area (Å²) in [7, 11) is 1.58. The summed E-state index contributed by atoms with van der Waals surface area (Å²) in [6, 6.07) is 12.0. The maximum Gasteiger partial charge on any atom is 0.319 e. The molecule has 0 bridgehead atoms. The van der Waals surface area contributed by atoms with Gasteiger partial charge in [0, 0.05) is 24.3 Å². The van der Waals surface area contributed by atoms with Crippen LogP contribution < -0.4 is 20.3 Å². The van der Waals surface area contributed by atoms with Crippen molar-refractivity contribution in [1.29, 1.82) is 0 Å². The Labute approximate surface area is 144 Å². The van der Waals surface area contributed by atoms with Gasteiger partial charge in [0.2, 0.25) is 5.91 Å². The molecule has 0 saturated carbocycles. The topological polar surface area (TPSA) is 70.7 Å². The molecule has 7 heteroatoms. The predicted molar refractivity (Wildman–Crippen MR) is 92.3 cm³/mol. The number of carbonyl (C=O) groups excluding carboxylic acids is 2. The molecule has 6 nitrogen and oxygen atoms in total. The lowest BCUT2D eigenvalue weighted by Gasteiger charge is -2.17. The molecule has 25 heavy (non-hydrogen) atoms. The molecule has 0 aliphatic carbocycles. The van der Waals surface area contributed by atoms with E-state index < -0.39 is 11.8 Å². The predicted octanol–water partition coefficient (Wildman–Crippen LogP) is 2.76. The van der Waals surface area contributed by atoms with Gasteiger partial charge in [-0.1, -0.05) is 6.07 Å². The SMILES string of the molecule is COc1ccc(N2CC(NC(=O)Nc3cccc(F)c3)CC2=O)cc1. The Kier molecular flexibility index (Phi) is 4.83. The average molecular weight is 343 g/mol. The molecule has 2 aromatic rings. The lowest BCUT2D eigenvalue weighted by atomic mass is 10.2. The highest BCUT2D eigenvalue weighted by molar-refractivity contribution is 5.97. The van der Waals surface area contributed by atoms with Crippen LogP contribution in [0.3, 0.4) is 0 Å². The Bertz CT molecular complexity index is 779. The van der Waals surface area contributed by atoms with Crippen LogP contribution in [0.4, 0.5) is 20.6 Å². The van der Waals surface area contributed by atoms with Crippen molar-refractivity contribution < 1.29 is 18.7 Å². The van der Waals surface area contributed by atoms with Crippen molar-refractivity contribution >= 4 is 23.3 Å². The van der Waals surface area contributed by atoms with Crippen molar-refractivity contribution in [2.45, 2.75) is 12.5 Å². The first-order chi connectivity index (χ1) is 12.0. The second kappa shape index (κ2) is 7.21. The molecule has 0 radical (unpaired) electrons. The fourth-order valence-electron chi connectivity index (χ4n) is 2.73. The zero-order valence-electron chi connectivity index (χ0n) is 13.7. The van der Waals surface area contributed by atoms with Crippen molar-refractivity contribution in [3.8, 4) is 5.75 Å². The Balaban J connectivity index is 1.59. The molecular formula is C18H18FN3O3. The van der Waals surface area contributed by atoms with Gasteiger partial charge in [0.05, 0.1) is 13.2 Å². The fourth-order valence-corrected chi connectivity index (χ4v) is 2.73. The smallest absolute Gasteiger partial charge is 0.319 e. The quantitative estimate of drug-likeness (QED) is 0.897. The number of rotatable bonds is 4. The minimum atomic E-state index is -0.472. The van der Waals surface area contributed by atoms with Crippen LogP contribution in [0, 0.1) is 5.82 Å². The molecule has 3 amide bonds. The Morgan fingerprint density at radius 3 is 2.68 bits per heavy atom. The maximum absolute atomic E-state index is 13.1. The highest BCUT2D eigenvalue weighted by atomic mass is 19.1. The highest BCUT2D eigenvalue weighted by Crippen LogP contribution is 2.24. The van der Waals surface area contributed by atoms with E-state index in [2.05, 4.69) is 10.6 Å². The molecular weight excluding hydrogens is 325 g/mol. The normalized spacial score (nSPS) is 16.6. The highest BCUT2D eigenvalue weighted by Gasteiger charge is 2.31. The van der Waals surface area contributed by atoms with Crippen LogP contribution >= 0.6 is 0 Å². The number of carbonyl (C=O) groups is 2. The minimum absolute atomic E-state index is 0.0683. The summed E-state index contributed by atoms with van der Waals surface area (Å²) in [6.45, 7) is 0.377. The summed E-state index contributed by atoms with van der Waals surface area (Å²) >= 11 is 0. The Morgan fingerprint density at radius 2 is 2.00 bits per heavy atom. The molecule has 1 unspecified atom stereocenters. The summed E-state index contributed by atoms with van der Waals surface area (Å²) in [5.74, 6) is 0.209. The van der Waals surface area contributed by atoms with Gasteiger partial charge in [-0.25, -0.2) is 9.18 Å². The number of nitrogens with one attached hydrogen (secondary N) is 2. The van der Waals surface area contributed by atoms with Gasteiger partial charge in [-0.2, -0.15) is 0 Å². The van der Waals surface area contributed by atoms with Crippen LogP contribution in [0.5, 0.6) is 5.75 Å². The number of nitrogens with zero attached hydrogens (tertiary/aromatic N) is 1. The lowest BCUT2D eigenvalue weighted by molar-refractivity contribution is -0.117. The first-order valence-electron chi connectivity index (χ1n) is 7.82. The molecule has 3 rings (SSSR count). The van der Waals surface area contributed by atoms with E-state index in [1.54, 1.807) is 42.3 Å². The van der Waals surface area contributed by atoms with Crippen LogP contribution in [-0.4, -0.2) is 31.6 Å². The van der Waals surface area contributed by atoms with Crippen LogP contribution in [-0.2, 0) is 4.79 Å². The molecule has 1 atom stereocenters. The van der Waals surface area contributed by atoms with Crippen LogP contribution in [0.2, 0.25) is 0 Å². The van der Waals surface area contributed by atoms with Crippen LogP contribution in [0.25, 0.3) is 0 Å². The van der Waals surface area contributed by atoms with Crippen molar-refractivity contribution in [2.75, 3.05) is 23.9 Å². The summed E-state index contributed by atoms with van der Waals surface area (Å²) in [5.41, 5.74) is 1.11. The third kappa shape index (κ3) is 4.06. The molecule has 2 aromatic carbocycles. The molecule has 1 aliphatic heterocycles. The van der Waals surface area contributed by atoms with Crippen molar-refractivity contribution in [3.63, 3.8) is 0 Å². The molecule has 1 saturated heterocycles. The van der Waals surface area contributed by atoms with Gasteiger partial charge in [0.15, 0.2) is 0 Å². The van der Waals surface area contributed by atoms with Gasteiger partial charge in [0.25, 0.3) is 0 Å². The number of hydrogen-bond donors (Lipinski definition) is 2. The molecule has 1 aliphatic rings. The van der Waals surface area contributed by atoms with Gasteiger partial charge in [-0.3, -0.25) is 4.79 Å². The monoisotopic (exact) mass is 343 g/mol. The molecule has 0 aromatic heterocycles. The summed E-state index contributed by atoms with van der Waals surface area (Å²) in [6.07, 6.45) is 0.211. The van der Waals surface area contributed by atoms with E-state index in [1.165, 1.54) is 18.2 Å². The zero-order valence-corrected chi connectivity index (χ0v) is 13.7. The van der Waals surface area contributed by atoms with Crippen LogP contribution in [0.15, 0.2) is 48.5 Å². The number of amides is 3. The molecule has 1 fully saturated rings. The van der Waals surface area contributed by atoms with E-state index >= 15 is 0 Å². The summed E-state index contributed by atoms with van der Waals surface area (Å²) in [4.78, 5) is 25.8. The van der Waals surface area contributed by atoms with Crippen molar-refractivity contribution in [3.05, 3.63) is 54.3 Å². The number of anilines is 2. The molecule has 0 spiro atoms. The largest absolute Gasteiger partial charge is 0.497 e. The maximum atomic E-state index is 13.1. The fraction of sp³-hybridized carbons (Fsp3) is 0.222. The second-order valence-electron chi connectivity index (χ2n) is 5.71. The summed E-state index contributed by atoms with van der Waals surface area (Å²) in [5, 5.41) is 5.30. The standard InChI is InChI=1S/C18H18FN3O3/c1-25-16-7-5-15(6-8-16)22-11-14(10-17(22)23)21-18(24)20-13-4-2-3-12(19)9-13/h2-9,14H,10-11H2,1H3,(H2,20,21,24). The summed E-state index contributed by atoms with van der Waals surface area (Å²) < 4.78 is 18.2. The van der Waals surface area contributed by atoms with Gasteiger partial charge in [0.1, 0.15) is 11.6 Å². The molecule has 1 heterocycles. The first-order valence-corrected chi connectivity index (χ1v) is 7.82. The van der Waals surface area contributed by atoms with Crippen LogP contribution in [0.1, 0.15) is 6.42 Å². The zero-order chi connectivity index (χ0) is 17.8. The Hall–Kier alpha value is -3.09. The van der Waals surface area contributed by atoms with E-state index in [9.17, 15) is 14.0 Å². The van der Waals surface area contributed by atoms with E-state index in [0.717, 1.165) is 5.69 Å². The first kappa shape index (κ1) is 16.8. The average Bonchev–Trinajstić information content (AvgIpc) is 2.95. The minimum Gasteiger partial charge on any atom is -0.497 e. The Morgan fingerprint density at radius 1 is 1.24 bits per heavy atom. The number of halogens is 1. The van der Waals surface area contributed by atoms with Gasteiger partial charge < -0.3 is 20.3 Å². The number of methoxy groups -OCH3 is 1. The van der Waals surface area contributed by atoms with E-state index in [1.807, 2.05) is 0 Å². The third-order valence-corrected chi connectivity index (χ3v) is 3.93. The number of benzene rings is 2. The van der Waals surface area contributed by atoms with Crippen molar-refractivity contribution in [1.82, 2.24) is 5.32 Å².